The zero-order valence-electron chi connectivity index (χ0n) is 13.6. The first-order valence-corrected chi connectivity index (χ1v) is 7.09. The van der Waals surface area contributed by atoms with Gasteiger partial charge in [-0.25, -0.2) is 9.59 Å². The van der Waals surface area contributed by atoms with Crippen LogP contribution < -0.4 is 0 Å². The van der Waals surface area contributed by atoms with Crippen molar-refractivity contribution in [2.45, 2.75) is 26.4 Å². The van der Waals surface area contributed by atoms with Gasteiger partial charge in [-0.3, -0.25) is 0 Å². The van der Waals surface area contributed by atoms with Crippen molar-refractivity contribution in [1.29, 1.82) is 0 Å². The lowest BCUT2D eigenvalue weighted by atomic mass is 10.2. The number of ether oxygens (including phenoxy) is 5. The summed E-state index contributed by atoms with van der Waals surface area (Å²) in [5.74, 6) is -0.869. The second-order valence-electron chi connectivity index (χ2n) is 5.24. The van der Waals surface area contributed by atoms with Crippen LogP contribution in [0.1, 0.15) is 20.8 Å². The van der Waals surface area contributed by atoms with Crippen LogP contribution >= 0.6 is 0 Å². The zero-order chi connectivity index (χ0) is 16.8. The van der Waals surface area contributed by atoms with E-state index in [1.165, 1.54) is 0 Å². The highest BCUT2D eigenvalue weighted by Crippen LogP contribution is 2.06. The molecule has 0 fully saturated rings. The van der Waals surface area contributed by atoms with Crippen molar-refractivity contribution in [3.05, 3.63) is 12.7 Å². The van der Waals surface area contributed by atoms with Gasteiger partial charge in [0.2, 0.25) is 0 Å². The fraction of sp³-hybridized carbons (Fsp3) is 0.733. The monoisotopic (exact) mass is 318 g/mol. The van der Waals surface area contributed by atoms with Crippen molar-refractivity contribution in [1.82, 2.24) is 0 Å². The number of hydrogen-bond donors (Lipinski definition) is 0. The van der Waals surface area contributed by atoms with Gasteiger partial charge < -0.3 is 23.7 Å². The Kier molecular flexibility index (Phi) is 11.3. The van der Waals surface area contributed by atoms with E-state index in [2.05, 4.69) is 6.58 Å². The molecule has 0 aromatic rings. The summed E-state index contributed by atoms with van der Waals surface area (Å²) < 4.78 is 25.3. The van der Waals surface area contributed by atoms with E-state index in [-0.39, 0.29) is 13.2 Å². The van der Waals surface area contributed by atoms with Crippen LogP contribution in [0.5, 0.6) is 0 Å². The van der Waals surface area contributed by atoms with E-state index < -0.39 is 17.5 Å². The van der Waals surface area contributed by atoms with Gasteiger partial charge in [-0.15, -0.1) is 0 Å². The topological polar surface area (TPSA) is 80.3 Å². The molecule has 0 aliphatic carbocycles. The Bertz CT molecular complexity index is 333. The largest absolute Gasteiger partial charge is 0.460 e. The highest BCUT2D eigenvalue weighted by molar-refractivity contribution is 5.81. The summed E-state index contributed by atoms with van der Waals surface area (Å²) in [6, 6.07) is 0. The minimum Gasteiger partial charge on any atom is -0.460 e. The number of esters is 2. The van der Waals surface area contributed by atoms with Crippen LogP contribution in [-0.4, -0.2) is 63.8 Å². The molecule has 22 heavy (non-hydrogen) atoms. The Balaban J connectivity index is 3.25. The highest BCUT2D eigenvalue weighted by atomic mass is 16.6. The van der Waals surface area contributed by atoms with Crippen LogP contribution in [0.25, 0.3) is 0 Å². The van der Waals surface area contributed by atoms with E-state index in [0.717, 1.165) is 6.08 Å². The lowest BCUT2D eigenvalue weighted by molar-refractivity contribution is -0.160. The Morgan fingerprint density at radius 3 is 1.91 bits per heavy atom. The number of carbonyl (C=O) groups excluding carboxylic acids is 2. The summed E-state index contributed by atoms with van der Waals surface area (Å²) in [4.78, 5) is 22.0. The van der Waals surface area contributed by atoms with E-state index in [4.69, 9.17) is 23.7 Å². The van der Waals surface area contributed by atoms with Gasteiger partial charge in [0.25, 0.3) is 0 Å². The smallest absolute Gasteiger partial charge is 0.332 e. The fourth-order valence-electron chi connectivity index (χ4n) is 1.23. The third-order valence-electron chi connectivity index (χ3n) is 2.02. The predicted molar refractivity (Wildman–Crippen MR) is 79.5 cm³/mol. The van der Waals surface area contributed by atoms with Crippen LogP contribution in [0.4, 0.5) is 0 Å². The number of rotatable bonds is 12. The average Bonchev–Trinajstić information content (AvgIpc) is 2.42. The molecule has 7 heteroatoms. The van der Waals surface area contributed by atoms with Gasteiger partial charge in [-0.2, -0.15) is 0 Å². The van der Waals surface area contributed by atoms with E-state index in [9.17, 15) is 9.59 Å². The van der Waals surface area contributed by atoms with Crippen molar-refractivity contribution < 1.29 is 33.3 Å². The maximum absolute atomic E-state index is 11.3. The third-order valence-corrected chi connectivity index (χ3v) is 2.02. The lowest BCUT2D eigenvalue weighted by Gasteiger charge is -2.19. The zero-order valence-corrected chi connectivity index (χ0v) is 13.6. The van der Waals surface area contributed by atoms with Crippen molar-refractivity contribution in [2.75, 3.05) is 46.2 Å². The molecule has 0 aromatic carbocycles. The van der Waals surface area contributed by atoms with Crippen LogP contribution in [0.3, 0.4) is 0 Å². The first kappa shape index (κ1) is 20.6. The molecule has 0 spiro atoms. The molecule has 0 aliphatic rings. The maximum Gasteiger partial charge on any atom is 0.332 e. The van der Waals surface area contributed by atoms with Gasteiger partial charge in [0, 0.05) is 6.08 Å². The fourth-order valence-corrected chi connectivity index (χ4v) is 1.23. The predicted octanol–water partition coefficient (Wildman–Crippen LogP) is 1.11. The van der Waals surface area contributed by atoms with E-state index in [1.807, 2.05) is 0 Å². The molecular weight excluding hydrogens is 292 g/mol. The molecule has 0 unspecified atom stereocenters. The minimum absolute atomic E-state index is 0.0915. The van der Waals surface area contributed by atoms with Gasteiger partial charge in [0.15, 0.2) is 0 Å². The van der Waals surface area contributed by atoms with Crippen molar-refractivity contribution in [3.8, 4) is 0 Å². The highest BCUT2D eigenvalue weighted by Gasteiger charge is 2.15. The van der Waals surface area contributed by atoms with E-state index in [1.54, 1.807) is 20.8 Å². The molecule has 0 saturated heterocycles. The molecule has 0 aliphatic heterocycles. The van der Waals surface area contributed by atoms with Crippen molar-refractivity contribution in [3.63, 3.8) is 0 Å². The molecule has 0 rings (SSSR count). The summed E-state index contributed by atoms with van der Waals surface area (Å²) in [7, 11) is 0. The summed E-state index contributed by atoms with van der Waals surface area (Å²) >= 11 is 0. The SMILES string of the molecule is C=CC(=O)OCCOCCOCCOCC(=O)OC(C)(C)C. The van der Waals surface area contributed by atoms with Gasteiger partial charge in [0.05, 0.1) is 33.0 Å². The molecule has 128 valence electrons. The summed E-state index contributed by atoms with van der Waals surface area (Å²) in [5.41, 5.74) is -0.506. The normalized spacial score (nSPS) is 11.0. The molecule has 0 N–H and O–H groups in total. The van der Waals surface area contributed by atoms with Crippen LogP contribution in [0.2, 0.25) is 0 Å². The molecule has 0 atom stereocenters. The molecule has 0 saturated carbocycles. The Labute approximate surface area is 131 Å². The molecule has 0 heterocycles. The first-order valence-electron chi connectivity index (χ1n) is 7.09. The molecule has 7 nitrogen and oxygen atoms in total. The molecule has 0 amide bonds. The van der Waals surface area contributed by atoms with Gasteiger partial charge in [0.1, 0.15) is 18.8 Å². The van der Waals surface area contributed by atoms with Gasteiger partial charge in [-0.1, -0.05) is 6.58 Å². The molecular formula is C15H26O7. The van der Waals surface area contributed by atoms with Gasteiger partial charge >= 0.3 is 11.9 Å². The standard InChI is InChI=1S/C15H26O7/c1-5-13(16)21-11-10-19-7-6-18-8-9-20-12-14(17)22-15(2,3)4/h5H,1,6-12H2,2-4H3. The number of carbonyl (C=O) groups is 2. The third kappa shape index (κ3) is 15.0. The van der Waals surface area contributed by atoms with Crippen LogP contribution in [0.15, 0.2) is 12.7 Å². The number of hydrogen-bond acceptors (Lipinski definition) is 7. The van der Waals surface area contributed by atoms with Gasteiger partial charge in [-0.05, 0) is 20.8 Å². The Morgan fingerprint density at radius 1 is 0.909 bits per heavy atom. The van der Waals surface area contributed by atoms with Crippen molar-refractivity contribution in [2.24, 2.45) is 0 Å². The average molecular weight is 318 g/mol. The molecule has 0 bridgehead atoms. The minimum atomic E-state index is -0.506. The Hall–Kier alpha value is -1.44. The maximum atomic E-state index is 11.3. The molecule has 0 aromatic heterocycles. The second kappa shape index (κ2) is 12.1. The summed E-state index contributed by atoms with van der Waals surface area (Å²) in [6.07, 6.45) is 1.10. The van der Waals surface area contributed by atoms with Crippen LogP contribution in [0, 0.1) is 0 Å². The van der Waals surface area contributed by atoms with E-state index >= 15 is 0 Å². The lowest BCUT2D eigenvalue weighted by Crippen LogP contribution is -2.27. The Morgan fingerprint density at radius 2 is 1.41 bits per heavy atom. The molecule has 0 radical (unpaired) electrons. The van der Waals surface area contributed by atoms with Crippen molar-refractivity contribution >= 4 is 11.9 Å². The van der Waals surface area contributed by atoms with E-state index in [0.29, 0.717) is 33.0 Å². The summed E-state index contributed by atoms with van der Waals surface area (Å²) in [5, 5.41) is 0. The summed E-state index contributed by atoms with van der Waals surface area (Å²) in [6.45, 7) is 10.5. The first-order chi connectivity index (χ1) is 10.3. The van der Waals surface area contributed by atoms with Crippen LogP contribution in [-0.2, 0) is 33.3 Å². The second-order valence-corrected chi connectivity index (χ2v) is 5.24. The quantitative estimate of drug-likeness (QED) is 0.303.